The Labute approximate surface area is 153 Å². The fourth-order valence-corrected chi connectivity index (χ4v) is 4.10. The lowest BCUT2D eigenvalue weighted by molar-refractivity contribution is -0.138. The molecule has 3 aliphatic rings. The number of para-hydroxylation sites is 1. The summed E-state index contributed by atoms with van der Waals surface area (Å²) in [5.41, 5.74) is 1.79. The number of oxazole rings is 1. The summed E-state index contributed by atoms with van der Waals surface area (Å²) < 4.78 is 11.4. The average Bonchev–Trinajstić information content (AvgIpc) is 2.83. The summed E-state index contributed by atoms with van der Waals surface area (Å²) >= 11 is 0. The molecule has 0 N–H and O–H groups in total. The molecular weight excluding hydrogens is 330 g/mol. The third-order valence-electron chi connectivity index (χ3n) is 5.64. The number of carbonyl (C=O) groups is 1. The largest absolute Gasteiger partial charge is 0.496 e. The van der Waals surface area contributed by atoms with Gasteiger partial charge in [-0.1, -0.05) is 12.1 Å². The van der Waals surface area contributed by atoms with E-state index < -0.39 is 0 Å². The summed E-state index contributed by atoms with van der Waals surface area (Å²) in [5, 5.41) is 0. The second-order valence-electron chi connectivity index (χ2n) is 7.29. The molecule has 0 unspecified atom stereocenters. The zero-order valence-electron chi connectivity index (χ0n) is 15.6. The van der Waals surface area contributed by atoms with Gasteiger partial charge in [0.15, 0.2) is 0 Å². The van der Waals surface area contributed by atoms with E-state index in [1.807, 2.05) is 43.1 Å². The Morgan fingerprint density at radius 2 is 2.08 bits per heavy atom. The molecule has 3 fully saturated rings. The molecule has 2 aromatic rings. The normalized spacial score (nSPS) is 23.3. The van der Waals surface area contributed by atoms with Gasteiger partial charge in [0.05, 0.1) is 24.3 Å². The van der Waals surface area contributed by atoms with E-state index in [4.69, 9.17) is 14.1 Å². The van der Waals surface area contributed by atoms with Gasteiger partial charge in [-0.15, -0.1) is 0 Å². The first-order valence-corrected chi connectivity index (χ1v) is 9.15. The molecule has 0 saturated carbocycles. The Hall–Kier alpha value is -2.34. The predicted octanol–water partition coefficient (Wildman–Crippen LogP) is 2.71. The van der Waals surface area contributed by atoms with Crippen molar-refractivity contribution in [3.05, 3.63) is 35.7 Å². The Balaban J connectivity index is 1.56. The van der Waals surface area contributed by atoms with Crippen LogP contribution in [0.2, 0.25) is 0 Å². The summed E-state index contributed by atoms with van der Waals surface area (Å²) in [4.78, 5) is 21.4. The Kier molecular flexibility index (Phi) is 4.44. The molecule has 0 aliphatic carbocycles. The van der Waals surface area contributed by atoms with Crippen molar-refractivity contribution in [1.82, 2.24) is 14.8 Å². The van der Waals surface area contributed by atoms with Crippen molar-refractivity contribution < 1.29 is 13.9 Å². The van der Waals surface area contributed by atoms with Crippen molar-refractivity contribution in [2.24, 2.45) is 5.92 Å². The number of likely N-dealkylation sites (N-methyl/N-ethyl adjacent to an activating group) is 1. The van der Waals surface area contributed by atoms with Gasteiger partial charge >= 0.3 is 0 Å². The molecule has 2 atom stereocenters. The molecule has 6 heteroatoms. The number of aromatic nitrogens is 1. The predicted molar refractivity (Wildman–Crippen MR) is 97.8 cm³/mol. The first-order chi connectivity index (χ1) is 12.6. The monoisotopic (exact) mass is 355 g/mol. The zero-order chi connectivity index (χ0) is 18.3. The molecule has 1 aromatic heterocycles. The van der Waals surface area contributed by atoms with Crippen molar-refractivity contribution in [1.29, 1.82) is 0 Å². The molecule has 1 amide bonds. The third kappa shape index (κ3) is 2.98. The van der Waals surface area contributed by atoms with E-state index in [0.717, 1.165) is 48.7 Å². The van der Waals surface area contributed by atoms with Gasteiger partial charge in [-0.3, -0.25) is 9.69 Å². The van der Waals surface area contributed by atoms with Crippen LogP contribution in [-0.4, -0.2) is 54.0 Å². The molecule has 6 nitrogen and oxygen atoms in total. The maximum absolute atomic E-state index is 12.4. The molecule has 3 saturated heterocycles. The Bertz CT molecular complexity index is 816. The number of benzene rings is 1. The minimum absolute atomic E-state index is 0.111. The van der Waals surface area contributed by atoms with Gasteiger partial charge in [-0.2, -0.15) is 0 Å². The lowest BCUT2D eigenvalue weighted by Crippen LogP contribution is -2.45. The van der Waals surface area contributed by atoms with E-state index in [1.165, 1.54) is 0 Å². The van der Waals surface area contributed by atoms with Crippen LogP contribution in [0.5, 0.6) is 5.75 Å². The van der Waals surface area contributed by atoms with E-state index in [9.17, 15) is 4.79 Å². The average molecular weight is 355 g/mol. The van der Waals surface area contributed by atoms with Gasteiger partial charge in [0, 0.05) is 32.7 Å². The van der Waals surface area contributed by atoms with E-state index in [2.05, 4.69) is 4.90 Å². The molecule has 3 aliphatic heterocycles. The number of piperidine rings is 1. The maximum atomic E-state index is 12.4. The van der Waals surface area contributed by atoms with Gasteiger partial charge in [0.1, 0.15) is 11.5 Å². The van der Waals surface area contributed by atoms with E-state index in [1.54, 1.807) is 7.11 Å². The van der Waals surface area contributed by atoms with Gasteiger partial charge in [-0.05, 0) is 31.9 Å². The summed E-state index contributed by atoms with van der Waals surface area (Å²) in [6.07, 6.45) is 2.09. The highest BCUT2D eigenvalue weighted by Crippen LogP contribution is 2.32. The number of aryl methyl sites for hydroxylation is 1. The number of carbonyl (C=O) groups excluding carboxylic acids is 1. The molecule has 26 heavy (non-hydrogen) atoms. The first kappa shape index (κ1) is 17.1. The standard InChI is InChI=1S/C20H25N3O3/c1-13-17(21-19(26-13)16-6-4-5-7-18(16)25-3)12-23-10-14-8-9-15(11-23)22(2)20(14)24/h4-7,14-15H,8-12H2,1-3H3/t14-,15+/m0/s1. The van der Waals surface area contributed by atoms with Crippen LogP contribution >= 0.6 is 0 Å². The van der Waals surface area contributed by atoms with Crippen molar-refractivity contribution in [2.45, 2.75) is 32.4 Å². The smallest absolute Gasteiger partial charge is 0.230 e. The fourth-order valence-electron chi connectivity index (χ4n) is 4.10. The highest BCUT2D eigenvalue weighted by atomic mass is 16.5. The van der Waals surface area contributed by atoms with E-state index in [0.29, 0.717) is 18.5 Å². The number of methoxy groups -OCH3 is 1. The molecule has 138 valence electrons. The van der Waals surface area contributed by atoms with Crippen LogP contribution in [0.25, 0.3) is 11.5 Å². The maximum Gasteiger partial charge on any atom is 0.230 e. The van der Waals surface area contributed by atoms with Crippen molar-refractivity contribution in [3.63, 3.8) is 0 Å². The number of ether oxygens (including phenoxy) is 1. The third-order valence-corrected chi connectivity index (χ3v) is 5.64. The molecular formula is C20H25N3O3. The van der Waals surface area contributed by atoms with E-state index in [-0.39, 0.29) is 11.8 Å². The summed E-state index contributed by atoms with van der Waals surface area (Å²) in [5.74, 6) is 2.55. The number of rotatable bonds is 4. The highest BCUT2D eigenvalue weighted by Gasteiger charge is 2.38. The fraction of sp³-hybridized carbons (Fsp3) is 0.500. The number of fused-ring (bicyclic) bond motifs is 4. The number of amides is 1. The summed E-state index contributed by atoms with van der Waals surface area (Å²) in [6.45, 7) is 4.36. The number of hydrogen-bond donors (Lipinski definition) is 0. The van der Waals surface area contributed by atoms with Gasteiger partial charge in [-0.25, -0.2) is 4.98 Å². The summed E-state index contributed by atoms with van der Waals surface area (Å²) in [6, 6.07) is 8.04. The van der Waals surface area contributed by atoms with E-state index >= 15 is 0 Å². The van der Waals surface area contributed by atoms with Gasteiger partial charge < -0.3 is 14.1 Å². The molecule has 2 bridgehead atoms. The molecule has 0 radical (unpaired) electrons. The van der Waals surface area contributed by atoms with Crippen molar-refractivity contribution >= 4 is 5.91 Å². The minimum atomic E-state index is 0.111. The van der Waals surface area contributed by atoms with Crippen LogP contribution in [-0.2, 0) is 11.3 Å². The second kappa shape index (κ2) is 6.76. The summed E-state index contributed by atoms with van der Waals surface area (Å²) in [7, 11) is 3.58. The molecule has 1 aromatic carbocycles. The van der Waals surface area contributed by atoms with Crippen molar-refractivity contribution in [3.8, 4) is 17.2 Å². The van der Waals surface area contributed by atoms with Crippen LogP contribution in [0.1, 0.15) is 24.3 Å². The zero-order valence-corrected chi connectivity index (χ0v) is 15.6. The van der Waals surface area contributed by atoms with Crippen molar-refractivity contribution in [2.75, 3.05) is 27.2 Å². The lowest BCUT2D eigenvalue weighted by Gasteiger charge is -2.32. The first-order valence-electron chi connectivity index (χ1n) is 9.15. The minimum Gasteiger partial charge on any atom is -0.496 e. The van der Waals surface area contributed by atoms with Crippen LogP contribution in [0, 0.1) is 12.8 Å². The van der Waals surface area contributed by atoms with Crippen LogP contribution in [0.15, 0.2) is 28.7 Å². The quantitative estimate of drug-likeness (QED) is 0.844. The van der Waals surface area contributed by atoms with Gasteiger partial charge in [0.2, 0.25) is 11.8 Å². The number of hydrogen-bond acceptors (Lipinski definition) is 5. The Morgan fingerprint density at radius 1 is 1.27 bits per heavy atom. The van der Waals surface area contributed by atoms with Crippen LogP contribution in [0.3, 0.4) is 0 Å². The Morgan fingerprint density at radius 3 is 2.88 bits per heavy atom. The van der Waals surface area contributed by atoms with Crippen LogP contribution < -0.4 is 4.74 Å². The SMILES string of the molecule is COc1ccccc1-c1nc(CN2C[C@@H]3CC[C@H](C2)N(C)C3=O)c(C)o1. The van der Waals surface area contributed by atoms with Gasteiger partial charge in [0.25, 0.3) is 0 Å². The molecule has 4 heterocycles. The molecule has 0 spiro atoms. The topological polar surface area (TPSA) is 58.8 Å². The van der Waals surface area contributed by atoms with Crippen LogP contribution in [0.4, 0.5) is 0 Å². The number of nitrogens with zero attached hydrogens (tertiary/aromatic N) is 3. The second-order valence-corrected chi connectivity index (χ2v) is 7.29. The highest BCUT2D eigenvalue weighted by molar-refractivity contribution is 5.80. The molecule has 5 rings (SSSR count). The lowest BCUT2D eigenvalue weighted by atomic mass is 9.95.